The van der Waals surface area contributed by atoms with Gasteiger partial charge in [-0.05, 0) is 12.8 Å². The Hall–Kier alpha value is -2.35. The van der Waals surface area contributed by atoms with Crippen molar-refractivity contribution in [2.24, 2.45) is 5.92 Å². The third kappa shape index (κ3) is 1.78. The Morgan fingerprint density at radius 3 is 2.78 bits per heavy atom. The second-order valence-electron chi connectivity index (χ2n) is 6.37. The van der Waals surface area contributed by atoms with Gasteiger partial charge in [-0.15, -0.1) is 0 Å². The quantitative estimate of drug-likeness (QED) is 0.767. The van der Waals surface area contributed by atoms with Crippen molar-refractivity contribution < 1.29 is 24.5 Å². The number of aromatic nitrogens is 1. The van der Waals surface area contributed by atoms with Crippen LogP contribution in [0.1, 0.15) is 40.6 Å². The summed E-state index contributed by atoms with van der Waals surface area (Å²) >= 11 is 0. The minimum atomic E-state index is -1.44. The number of amides is 1. The third-order valence-corrected chi connectivity index (χ3v) is 5.22. The van der Waals surface area contributed by atoms with Crippen LogP contribution in [-0.4, -0.2) is 49.9 Å². The maximum atomic E-state index is 12.8. The molecule has 1 aliphatic carbocycles. The molecule has 8 heteroatoms. The van der Waals surface area contributed by atoms with Crippen LogP contribution >= 0.6 is 0 Å². The minimum Gasteiger partial charge on any atom is -0.503 e. The van der Waals surface area contributed by atoms with E-state index in [4.69, 9.17) is 9.84 Å². The molecule has 2 bridgehead atoms. The van der Waals surface area contributed by atoms with E-state index in [1.165, 1.54) is 4.57 Å². The molecule has 4 rings (SSSR count). The molecule has 1 saturated heterocycles. The highest BCUT2D eigenvalue weighted by Crippen LogP contribution is 2.42. The molecular formula is C15H16N2O6. The number of carboxylic acid groups (broad SMARTS) is 1. The molecule has 3 heterocycles. The van der Waals surface area contributed by atoms with E-state index in [-0.39, 0.29) is 30.3 Å². The van der Waals surface area contributed by atoms with Crippen LogP contribution < -0.4 is 5.43 Å². The van der Waals surface area contributed by atoms with Crippen molar-refractivity contribution in [2.75, 3.05) is 0 Å². The first-order chi connectivity index (χ1) is 10.9. The number of aromatic hydroxyl groups is 1. The van der Waals surface area contributed by atoms with Crippen LogP contribution in [0.15, 0.2) is 11.0 Å². The normalized spacial score (nSPS) is 31.7. The van der Waals surface area contributed by atoms with E-state index in [0.29, 0.717) is 0 Å². The first kappa shape index (κ1) is 14.3. The van der Waals surface area contributed by atoms with Crippen LogP contribution in [0.5, 0.6) is 5.75 Å². The molecule has 2 fully saturated rings. The number of ether oxygens (including phenoxy) is 1. The van der Waals surface area contributed by atoms with Gasteiger partial charge in [0.15, 0.2) is 17.7 Å². The van der Waals surface area contributed by atoms with E-state index in [0.717, 1.165) is 19.0 Å². The maximum absolute atomic E-state index is 12.8. The van der Waals surface area contributed by atoms with Crippen molar-refractivity contribution in [2.45, 2.75) is 44.7 Å². The van der Waals surface area contributed by atoms with Gasteiger partial charge in [0, 0.05) is 18.2 Å². The molecule has 1 saturated carbocycles. The summed E-state index contributed by atoms with van der Waals surface area (Å²) in [4.78, 5) is 37.5. The molecule has 0 spiro atoms. The maximum Gasteiger partial charge on any atom is 0.341 e. The number of nitrogens with zero attached hydrogens (tertiary/aromatic N) is 2. The average Bonchev–Trinajstić information content (AvgIpc) is 2.73. The number of rotatable bonds is 1. The van der Waals surface area contributed by atoms with Gasteiger partial charge in [0.25, 0.3) is 5.91 Å². The molecule has 122 valence electrons. The molecule has 2 aliphatic heterocycles. The largest absolute Gasteiger partial charge is 0.503 e. The molecule has 0 aromatic carbocycles. The first-order valence-corrected chi connectivity index (χ1v) is 7.58. The Morgan fingerprint density at radius 1 is 1.35 bits per heavy atom. The van der Waals surface area contributed by atoms with E-state index < -0.39 is 34.8 Å². The number of hydrogen-bond acceptors (Lipinski definition) is 5. The summed E-state index contributed by atoms with van der Waals surface area (Å²) in [5, 5.41) is 19.2. The van der Waals surface area contributed by atoms with Gasteiger partial charge in [-0.1, -0.05) is 6.92 Å². The third-order valence-electron chi connectivity index (χ3n) is 5.22. The van der Waals surface area contributed by atoms with Crippen LogP contribution in [0, 0.1) is 5.92 Å². The van der Waals surface area contributed by atoms with Crippen molar-refractivity contribution in [3.8, 4) is 5.75 Å². The summed E-state index contributed by atoms with van der Waals surface area (Å²) in [5.74, 6) is -2.52. The standard InChI is InChI=1S/C15H16N2O6/c1-6-8-2-3-9(6)23-10-5-16-4-7(15(21)22)12(18)13(19)11(16)14(20)17(8)10/h4,6,8-10,19H,2-3,5H2,1H3,(H,21,22)/t6-,8-,9+,10+/m1/s1. The average molecular weight is 320 g/mol. The van der Waals surface area contributed by atoms with E-state index in [2.05, 4.69) is 0 Å². The summed E-state index contributed by atoms with van der Waals surface area (Å²) in [7, 11) is 0. The molecule has 3 aliphatic rings. The number of aromatic carboxylic acids is 1. The number of carboxylic acids is 1. The lowest BCUT2D eigenvalue weighted by Crippen LogP contribution is -2.59. The zero-order chi connectivity index (χ0) is 16.5. The van der Waals surface area contributed by atoms with Gasteiger partial charge in [-0.2, -0.15) is 0 Å². The number of pyridine rings is 1. The zero-order valence-electron chi connectivity index (χ0n) is 12.4. The smallest absolute Gasteiger partial charge is 0.341 e. The topological polar surface area (TPSA) is 109 Å². The van der Waals surface area contributed by atoms with Crippen LogP contribution in [0.25, 0.3) is 0 Å². The van der Waals surface area contributed by atoms with Crippen molar-refractivity contribution in [1.82, 2.24) is 9.47 Å². The van der Waals surface area contributed by atoms with Crippen LogP contribution in [-0.2, 0) is 11.3 Å². The van der Waals surface area contributed by atoms with Crippen LogP contribution in [0.2, 0.25) is 0 Å². The summed E-state index contributed by atoms with van der Waals surface area (Å²) in [6.45, 7) is 2.23. The highest BCUT2D eigenvalue weighted by atomic mass is 16.5. The molecule has 0 radical (unpaired) electrons. The van der Waals surface area contributed by atoms with E-state index in [1.807, 2.05) is 6.92 Å². The number of carbonyl (C=O) groups is 2. The highest BCUT2D eigenvalue weighted by molar-refractivity contribution is 5.97. The first-order valence-electron chi connectivity index (χ1n) is 7.58. The predicted molar refractivity (Wildman–Crippen MR) is 76.3 cm³/mol. The van der Waals surface area contributed by atoms with Gasteiger partial charge >= 0.3 is 5.97 Å². The van der Waals surface area contributed by atoms with E-state index in [1.54, 1.807) is 4.90 Å². The molecule has 1 aromatic rings. The summed E-state index contributed by atoms with van der Waals surface area (Å²) < 4.78 is 7.29. The second kappa shape index (κ2) is 4.58. The lowest BCUT2D eigenvalue weighted by atomic mass is 9.98. The summed E-state index contributed by atoms with van der Waals surface area (Å²) in [6, 6.07) is 0.0219. The molecule has 8 nitrogen and oxygen atoms in total. The van der Waals surface area contributed by atoms with E-state index >= 15 is 0 Å². The lowest BCUT2D eigenvalue weighted by molar-refractivity contribution is -0.155. The number of hydrogen-bond donors (Lipinski definition) is 2. The molecular weight excluding hydrogens is 304 g/mol. The van der Waals surface area contributed by atoms with Crippen molar-refractivity contribution in [1.29, 1.82) is 0 Å². The van der Waals surface area contributed by atoms with Gasteiger partial charge in [-0.3, -0.25) is 9.59 Å². The Labute approximate surface area is 130 Å². The Morgan fingerprint density at radius 2 is 2.09 bits per heavy atom. The van der Waals surface area contributed by atoms with Crippen molar-refractivity contribution in [3.05, 3.63) is 27.7 Å². The van der Waals surface area contributed by atoms with Gasteiger partial charge in [0.2, 0.25) is 5.43 Å². The Kier molecular flexibility index (Phi) is 2.84. The molecule has 0 unspecified atom stereocenters. The van der Waals surface area contributed by atoms with Crippen LogP contribution in [0.4, 0.5) is 0 Å². The molecule has 23 heavy (non-hydrogen) atoms. The Bertz CT molecular complexity index is 785. The fraction of sp³-hybridized carbons (Fsp3) is 0.533. The molecule has 4 atom stereocenters. The number of fused-ring (bicyclic) bond motifs is 5. The minimum absolute atomic E-state index is 0.0219. The van der Waals surface area contributed by atoms with Gasteiger partial charge in [0.05, 0.1) is 12.6 Å². The van der Waals surface area contributed by atoms with E-state index in [9.17, 15) is 19.5 Å². The van der Waals surface area contributed by atoms with Crippen LogP contribution in [0.3, 0.4) is 0 Å². The number of carbonyl (C=O) groups excluding carboxylic acids is 1. The molecule has 1 amide bonds. The summed E-state index contributed by atoms with van der Waals surface area (Å²) in [5.41, 5.74) is -1.75. The zero-order valence-corrected chi connectivity index (χ0v) is 12.4. The fourth-order valence-corrected chi connectivity index (χ4v) is 4.05. The van der Waals surface area contributed by atoms with Gasteiger partial charge < -0.3 is 24.4 Å². The second-order valence-corrected chi connectivity index (χ2v) is 6.37. The Balaban J connectivity index is 1.86. The predicted octanol–water partition coefficient (Wildman–Crippen LogP) is 0.231. The fourth-order valence-electron chi connectivity index (χ4n) is 4.05. The molecule has 1 aromatic heterocycles. The highest BCUT2D eigenvalue weighted by Gasteiger charge is 2.51. The van der Waals surface area contributed by atoms with Gasteiger partial charge in [-0.25, -0.2) is 4.79 Å². The molecule has 2 N–H and O–H groups in total. The SMILES string of the molecule is C[C@H]1[C@@H]2CC[C@H]1N1C(=O)c3c(O)c(=O)c(C(=O)O)cn3C[C@@H]1O2. The summed E-state index contributed by atoms with van der Waals surface area (Å²) in [6.07, 6.45) is 2.39. The monoisotopic (exact) mass is 320 g/mol. The van der Waals surface area contributed by atoms with Gasteiger partial charge in [0.1, 0.15) is 5.56 Å². The van der Waals surface area contributed by atoms with Crippen molar-refractivity contribution >= 4 is 11.9 Å². The lowest BCUT2D eigenvalue weighted by Gasteiger charge is -2.47. The van der Waals surface area contributed by atoms with Crippen molar-refractivity contribution in [3.63, 3.8) is 0 Å².